The molecule has 0 fully saturated rings. The SMILES string of the molecule is C/C=C\CCOc1cnccc1-c1[nH]c2c(c1Nc1cccc(F)c1OC)C(=O)NCC2. The summed E-state index contributed by atoms with van der Waals surface area (Å²) in [5.74, 6) is -0.0338. The number of carbonyl (C=O) groups is 1. The molecule has 32 heavy (non-hydrogen) atoms. The maximum Gasteiger partial charge on any atom is 0.255 e. The summed E-state index contributed by atoms with van der Waals surface area (Å²) < 4.78 is 25.5. The predicted octanol–water partition coefficient (Wildman–Crippen LogP) is 4.60. The highest BCUT2D eigenvalue weighted by atomic mass is 19.1. The molecule has 3 aromatic rings. The van der Waals surface area contributed by atoms with Crippen LogP contribution in [0.1, 0.15) is 29.4 Å². The zero-order valence-corrected chi connectivity index (χ0v) is 18.0. The molecule has 166 valence electrons. The molecule has 0 radical (unpaired) electrons. The molecule has 0 bridgehead atoms. The van der Waals surface area contributed by atoms with Crippen LogP contribution in [0, 0.1) is 5.82 Å². The van der Waals surface area contributed by atoms with Gasteiger partial charge in [0.1, 0.15) is 5.75 Å². The van der Waals surface area contributed by atoms with Crippen molar-refractivity contribution >= 4 is 17.3 Å². The number of carbonyl (C=O) groups excluding carboxylic acids is 1. The number of aromatic nitrogens is 2. The molecule has 0 saturated heterocycles. The number of allylic oxidation sites excluding steroid dienone is 1. The Morgan fingerprint density at radius 2 is 2.19 bits per heavy atom. The second-order valence-electron chi connectivity index (χ2n) is 7.26. The Morgan fingerprint density at radius 1 is 1.31 bits per heavy atom. The number of aromatic amines is 1. The first-order chi connectivity index (χ1) is 15.6. The number of H-pyrrole nitrogens is 1. The Labute approximate surface area is 185 Å². The molecule has 1 aromatic carbocycles. The molecule has 3 heterocycles. The standard InChI is InChI=1S/C24H25FN4O3/c1-3-4-5-13-32-19-14-26-11-9-15(19)21-22(20-17(28-21)10-12-27-24(20)30)29-18-8-6-7-16(25)23(18)31-2/h3-4,6-9,11,14,28-29H,5,10,12-13H2,1-2H3,(H,27,30)/b4-3-. The molecule has 4 rings (SSSR count). The van der Waals surface area contributed by atoms with E-state index in [1.807, 2.05) is 25.1 Å². The van der Waals surface area contributed by atoms with Gasteiger partial charge in [-0.15, -0.1) is 0 Å². The van der Waals surface area contributed by atoms with Crippen molar-refractivity contribution in [2.75, 3.05) is 25.6 Å². The number of hydrogen-bond acceptors (Lipinski definition) is 5. The number of para-hydroxylation sites is 1. The van der Waals surface area contributed by atoms with Gasteiger partial charge in [0.25, 0.3) is 5.91 Å². The van der Waals surface area contributed by atoms with Crippen molar-refractivity contribution < 1.29 is 18.7 Å². The summed E-state index contributed by atoms with van der Waals surface area (Å²) in [6.45, 7) is 2.99. The molecule has 0 aliphatic carbocycles. The number of ether oxygens (including phenoxy) is 2. The van der Waals surface area contributed by atoms with Crippen molar-refractivity contribution in [3.8, 4) is 22.8 Å². The molecule has 0 unspecified atom stereocenters. The monoisotopic (exact) mass is 436 g/mol. The molecule has 0 spiro atoms. The average Bonchev–Trinajstić information content (AvgIpc) is 3.16. The van der Waals surface area contributed by atoms with E-state index >= 15 is 0 Å². The normalized spacial score (nSPS) is 13.0. The van der Waals surface area contributed by atoms with E-state index < -0.39 is 5.82 Å². The third-order valence-corrected chi connectivity index (χ3v) is 5.23. The fraction of sp³-hybridized carbons (Fsp3) is 0.250. The molecule has 7 nitrogen and oxygen atoms in total. The number of nitrogens with zero attached hydrogens (tertiary/aromatic N) is 1. The Hall–Kier alpha value is -3.81. The topological polar surface area (TPSA) is 88.3 Å². The average molecular weight is 436 g/mol. The van der Waals surface area contributed by atoms with Gasteiger partial charge in [-0.25, -0.2) is 4.39 Å². The largest absolute Gasteiger partial charge is 0.492 e. The fourth-order valence-corrected chi connectivity index (χ4v) is 3.76. The van der Waals surface area contributed by atoms with Gasteiger partial charge in [-0.3, -0.25) is 9.78 Å². The quantitative estimate of drug-likeness (QED) is 0.355. The summed E-state index contributed by atoms with van der Waals surface area (Å²) in [5, 5.41) is 6.11. The minimum absolute atomic E-state index is 0.0715. The third kappa shape index (κ3) is 4.16. The lowest BCUT2D eigenvalue weighted by Gasteiger charge is -2.17. The lowest BCUT2D eigenvalue weighted by Crippen LogP contribution is -2.31. The van der Waals surface area contributed by atoms with E-state index in [0.717, 1.165) is 17.7 Å². The summed E-state index contributed by atoms with van der Waals surface area (Å²) >= 11 is 0. The first-order valence-electron chi connectivity index (χ1n) is 10.4. The zero-order chi connectivity index (χ0) is 22.5. The molecule has 3 N–H and O–H groups in total. The number of hydrogen-bond donors (Lipinski definition) is 3. The van der Waals surface area contributed by atoms with Crippen LogP contribution in [0.2, 0.25) is 0 Å². The number of benzene rings is 1. The van der Waals surface area contributed by atoms with Crippen molar-refractivity contribution in [2.24, 2.45) is 0 Å². The first-order valence-corrected chi connectivity index (χ1v) is 10.4. The minimum Gasteiger partial charge on any atom is -0.492 e. The van der Waals surface area contributed by atoms with Crippen LogP contribution in [0.4, 0.5) is 15.8 Å². The van der Waals surface area contributed by atoms with E-state index in [2.05, 4.69) is 20.6 Å². The van der Waals surface area contributed by atoms with Gasteiger partial charge in [-0.1, -0.05) is 18.2 Å². The summed E-state index contributed by atoms with van der Waals surface area (Å²) in [6, 6.07) is 6.44. The summed E-state index contributed by atoms with van der Waals surface area (Å²) in [5.41, 5.74) is 3.67. The van der Waals surface area contributed by atoms with Gasteiger partial charge in [-0.05, 0) is 31.5 Å². The van der Waals surface area contributed by atoms with Gasteiger partial charge < -0.3 is 25.1 Å². The molecule has 0 atom stereocenters. The van der Waals surface area contributed by atoms with E-state index in [1.165, 1.54) is 13.2 Å². The molecule has 1 amide bonds. The van der Waals surface area contributed by atoms with Gasteiger partial charge in [0.2, 0.25) is 0 Å². The minimum atomic E-state index is -0.496. The number of nitrogens with one attached hydrogen (secondary N) is 3. The number of halogens is 1. The Kier molecular flexibility index (Phi) is 6.39. The highest BCUT2D eigenvalue weighted by molar-refractivity contribution is 6.06. The molecule has 2 aromatic heterocycles. The Bertz CT molecular complexity index is 1160. The number of anilines is 2. The van der Waals surface area contributed by atoms with Crippen molar-refractivity contribution in [2.45, 2.75) is 19.8 Å². The van der Waals surface area contributed by atoms with E-state index in [4.69, 9.17) is 9.47 Å². The highest BCUT2D eigenvalue weighted by Gasteiger charge is 2.28. The number of amides is 1. The number of rotatable bonds is 8. The summed E-state index contributed by atoms with van der Waals surface area (Å²) in [7, 11) is 1.41. The molecular weight excluding hydrogens is 411 g/mol. The van der Waals surface area contributed by atoms with Crippen molar-refractivity contribution in [3.63, 3.8) is 0 Å². The van der Waals surface area contributed by atoms with E-state index in [1.54, 1.807) is 24.5 Å². The fourth-order valence-electron chi connectivity index (χ4n) is 3.76. The third-order valence-electron chi connectivity index (χ3n) is 5.23. The lowest BCUT2D eigenvalue weighted by molar-refractivity contribution is 0.0947. The maximum absolute atomic E-state index is 14.3. The van der Waals surface area contributed by atoms with Crippen LogP contribution in [-0.4, -0.2) is 36.1 Å². The van der Waals surface area contributed by atoms with Crippen LogP contribution >= 0.6 is 0 Å². The van der Waals surface area contributed by atoms with Crippen LogP contribution in [-0.2, 0) is 6.42 Å². The smallest absolute Gasteiger partial charge is 0.255 e. The van der Waals surface area contributed by atoms with Gasteiger partial charge in [0.05, 0.1) is 42.5 Å². The Balaban J connectivity index is 1.81. The van der Waals surface area contributed by atoms with Crippen LogP contribution < -0.4 is 20.1 Å². The molecular formula is C24H25FN4O3. The van der Waals surface area contributed by atoms with Crippen LogP contribution in [0.15, 0.2) is 48.8 Å². The van der Waals surface area contributed by atoms with Gasteiger partial charge in [-0.2, -0.15) is 0 Å². The molecule has 8 heteroatoms. The number of methoxy groups -OCH3 is 1. The van der Waals surface area contributed by atoms with E-state index in [0.29, 0.717) is 48.0 Å². The number of fused-ring (bicyclic) bond motifs is 1. The molecule has 0 saturated carbocycles. The second kappa shape index (κ2) is 9.55. The van der Waals surface area contributed by atoms with Gasteiger partial charge in [0.15, 0.2) is 11.6 Å². The van der Waals surface area contributed by atoms with Crippen molar-refractivity contribution in [1.82, 2.24) is 15.3 Å². The zero-order valence-electron chi connectivity index (χ0n) is 18.0. The molecule has 1 aliphatic heterocycles. The maximum atomic E-state index is 14.3. The van der Waals surface area contributed by atoms with E-state index in [-0.39, 0.29) is 11.7 Å². The van der Waals surface area contributed by atoms with Crippen LogP contribution in [0.3, 0.4) is 0 Å². The Morgan fingerprint density at radius 3 is 3.00 bits per heavy atom. The summed E-state index contributed by atoms with van der Waals surface area (Å²) in [4.78, 5) is 20.3. The van der Waals surface area contributed by atoms with Crippen molar-refractivity contribution in [3.05, 3.63) is 65.9 Å². The first kappa shape index (κ1) is 21.4. The highest BCUT2D eigenvalue weighted by Crippen LogP contribution is 2.41. The number of pyridine rings is 1. The molecule has 1 aliphatic rings. The van der Waals surface area contributed by atoms with Crippen LogP contribution in [0.25, 0.3) is 11.3 Å². The van der Waals surface area contributed by atoms with Crippen LogP contribution in [0.5, 0.6) is 11.5 Å². The van der Waals surface area contributed by atoms with Gasteiger partial charge >= 0.3 is 0 Å². The lowest BCUT2D eigenvalue weighted by atomic mass is 10.0. The second-order valence-corrected chi connectivity index (χ2v) is 7.26. The van der Waals surface area contributed by atoms with Gasteiger partial charge in [0, 0.05) is 30.4 Å². The summed E-state index contributed by atoms with van der Waals surface area (Å²) in [6.07, 6.45) is 8.73. The van der Waals surface area contributed by atoms with E-state index in [9.17, 15) is 9.18 Å². The van der Waals surface area contributed by atoms with Crippen molar-refractivity contribution in [1.29, 1.82) is 0 Å². The predicted molar refractivity (Wildman–Crippen MR) is 121 cm³/mol.